The molecule has 2 N–H and O–H groups in total. The molecule has 6 heteroatoms. The minimum Gasteiger partial charge on any atom is -0.435 e. The molecule has 0 spiro atoms. The second-order valence-electron chi connectivity index (χ2n) is 5.58. The van der Waals surface area contributed by atoms with E-state index in [-0.39, 0.29) is 11.1 Å². The average Bonchev–Trinajstić information content (AvgIpc) is 2.63. The van der Waals surface area contributed by atoms with Gasteiger partial charge in [0.2, 0.25) is 0 Å². The van der Waals surface area contributed by atoms with Crippen LogP contribution >= 0.6 is 0 Å². The zero-order valence-corrected chi connectivity index (χ0v) is 14.1. The van der Waals surface area contributed by atoms with Gasteiger partial charge in [-0.15, -0.1) is 0 Å². The Morgan fingerprint density at radius 3 is 1.75 bits per heavy atom. The van der Waals surface area contributed by atoms with E-state index in [1.165, 1.54) is 62.8 Å². The van der Waals surface area contributed by atoms with Crippen LogP contribution in [0.2, 0.25) is 0 Å². The number of aliphatic hydroxyl groups is 2. The van der Waals surface area contributed by atoms with E-state index in [2.05, 4.69) is 16.4 Å². The molecule has 0 bridgehead atoms. The van der Waals surface area contributed by atoms with Crippen LogP contribution in [0.3, 0.4) is 0 Å². The summed E-state index contributed by atoms with van der Waals surface area (Å²) >= 11 is 0. The van der Waals surface area contributed by atoms with E-state index in [4.69, 9.17) is 10.2 Å². The van der Waals surface area contributed by atoms with Gasteiger partial charge in [-0.25, -0.2) is 9.59 Å². The molecular formula is C18H26O6. The Kier molecular flexibility index (Phi) is 9.72. The minimum absolute atomic E-state index is 0.0324. The van der Waals surface area contributed by atoms with Crippen molar-refractivity contribution in [3.63, 3.8) is 0 Å². The molecule has 0 aromatic heterocycles. The van der Waals surface area contributed by atoms with Crippen LogP contribution in [0, 0.1) is 5.92 Å². The lowest BCUT2D eigenvalue weighted by atomic mass is 9.88. The second kappa shape index (κ2) is 11.6. The number of ether oxygens (including phenoxy) is 2. The van der Waals surface area contributed by atoms with Crippen LogP contribution < -0.4 is 0 Å². The lowest BCUT2D eigenvalue weighted by Crippen LogP contribution is -2.14. The third-order valence-corrected chi connectivity index (χ3v) is 4.06. The zero-order chi connectivity index (χ0) is 17.8. The number of carbonyl (C=O) groups is 2. The van der Waals surface area contributed by atoms with Crippen molar-refractivity contribution in [1.29, 1.82) is 0 Å². The van der Waals surface area contributed by atoms with Gasteiger partial charge in [0.15, 0.2) is 13.6 Å². The van der Waals surface area contributed by atoms with Gasteiger partial charge in [0.1, 0.15) is 0 Å². The SMILES string of the molecule is CCC1CCCCC1.O=C(OCO)c1ccccc1C(=O)OCO. The molecule has 1 aromatic rings. The zero-order valence-electron chi connectivity index (χ0n) is 14.1. The maximum absolute atomic E-state index is 11.3. The largest absolute Gasteiger partial charge is 0.435 e. The summed E-state index contributed by atoms with van der Waals surface area (Å²) in [6.45, 7) is 0.764. The van der Waals surface area contributed by atoms with Crippen LogP contribution in [-0.2, 0) is 9.47 Å². The van der Waals surface area contributed by atoms with Crippen LogP contribution in [0.25, 0.3) is 0 Å². The first-order chi connectivity index (χ1) is 11.6. The Morgan fingerprint density at radius 2 is 1.42 bits per heavy atom. The van der Waals surface area contributed by atoms with Crippen LogP contribution in [0.15, 0.2) is 24.3 Å². The average molecular weight is 338 g/mol. The van der Waals surface area contributed by atoms with Crippen molar-refractivity contribution in [2.24, 2.45) is 5.92 Å². The van der Waals surface area contributed by atoms with E-state index < -0.39 is 25.5 Å². The van der Waals surface area contributed by atoms with Crippen molar-refractivity contribution < 1.29 is 29.3 Å². The smallest absolute Gasteiger partial charge is 0.341 e. The van der Waals surface area contributed by atoms with E-state index >= 15 is 0 Å². The molecule has 2 rings (SSSR count). The predicted octanol–water partition coefficient (Wildman–Crippen LogP) is 2.88. The van der Waals surface area contributed by atoms with E-state index in [0.29, 0.717) is 0 Å². The summed E-state index contributed by atoms with van der Waals surface area (Å²) in [5.74, 6) is -0.593. The molecule has 6 nitrogen and oxygen atoms in total. The number of esters is 2. The molecular weight excluding hydrogens is 312 g/mol. The fraction of sp³-hybridized carbons (Fsp3) is 0.556. The van der Waals surface area contributed by atoms with E-state index in [0.717, 1.165) is 5.92 Å². The first-order valence-electron chi connectivity index (χ1n) is 8.29. The molecule has 1 aromatic carbocycles. The molecule has 0 atom stereocenters. The molecule has 1 aliphatic rings. The molecule has 1 aliphatic carbocycles. The Balaban J connectivity index is 0.000000300. The van der Waals surface area contributed by atoms with Gasteiger partial charge >= 0.3 is 11.9 Å². The predicted molar refractivity (Wildman–Crippen MR) is 88.3 cm³/mol. The van der Waals surface area contributed by atoms with Crippen molar-refractivity contribution in [3.8, 4) is 0 Å². The monoisotopic (exact) mass is 338 g/mol. The van der Waals surface area contributed by atoms with Gasteiger partial charge in [-0.3, -0.25) is 0 Å². The summed E-state index contributed by atoms with van der Waals surface area (Å²) < 4.78 is 8.69. The Labute approximate surface area is 142 Å². The normalized spacial score (nSPS) is 14.3. The molecule has 0 heterocycles. The minimum atomic E-state index is -0.840. The third kappa shape index (κ3) is 6.68. The summed E-state index contributed by atoms with van der Waals surface area (Å²) in [7, 11) is 0. The van der Waals surface area contributed by atoms with Gasteiger partial charge in [-0.2, -0.15) is 0 Å². The quantitative estimate of drug-likeness (QED) is 0.633. The highest BCUT2D eigenvalue weighted by molar-refractivity contribution is 6.03. The highest BCUT2D eigenvalue weighted by Crippen LogP contribution is 2.25. The first kappa shape index (κ1) is 20.1. The Hall–Kier alpha value is -1.92. The van der Waals surface area contributed by atoms with Gasteiger partial charge in [0.25, 0.3) is 0 Å². The van der Waals surface area contributed by atoms with Crippen LogP contribution in [0.4, 0.5) is 0 Å². The van der Waals surface area contributed by atoms with Gasteiger partial charge < -0.3 is 19.7 Å². The van der Waals surface area contributed by atoms with E-state index in [1.807, 2.05) is 0 Å². The van der Waals surface area contributed by atoms with Crippen molar-refractivity contribution in [1.82, 2.24) is 0 Å². The third-order valence-electron chi connectivity index (χ3n) is 4.06. The van der Waals surface area contributed by atoms with Crippen LogP contribution in [-0.4, -0.2) is 35.7 Å². The molecule has 0 aliphatic heterocycles. The van der Waals surface area contributed by atoms with E-state index in [9.17, 15) is 9.59 Å². The maximum Gasteiger partial charge on any atom is 0.341 e. The van der Waals surface area contributed by atoms with Gasteiger partial charge in [-0.05, 0) is 18.1 Å². The van der Waals surface area contributed by atoms with Gasteiger partial charge in [-0.1, -0.05) is 57.6 Å². The number of benzene rings is 1. The number of rotatable bonds is 5. The number of hydrogen-bond acceptors (Lipinski definition) is 6. The summed E-state index contributed by atoms with van der Waals surface area (Å²) in [6, 6.07) is 5.77. The molecule has 0 saturated heterocycles. The Bertz CT molecular complexity index is 471. The highest BCUT2D eigenvalue weighted by atomic mass is 16.6. The van der Waals surface area contributed by atoms with Crippen molar-refractivity contribution in [3.05, 3.63) is 35.4 Å². The van der Waals surface area contributed by atoms with Crippen LogP contribution in [0.5, 0.6) is 0 Å². The van der Waals surface area contributed by atoms with Crippen molar-refractivity contribution >= 4 is 11.9 Å². The standard InChI is InChI=1S/C10H10O6.C8H16/c11-5-15-9(13)7-3-1-2-4-8(7)10(14)16-6-12;1-2-8-6-4-3-5-7-8/h1-4,11-12H,5-6H2;8H,2-7H2,1H3. The van der Waals surface area contributed by atoms with Gasteiger partial charge in [0, 0.05) is 0 Å². The number of hydrogen-bond donors (Lipinski definition) is 2. The summed E-state index contributed by atoms with van der Waals surface area (Å²) in [6.07, 6.45) is 8.93. The fourth-order valence-corrected chi connectivity index (χ4v) is 2.71. The topological polar surface area (TPSA) is 93.1 Å². The summed E-state index contributed by atoms with van der Waals surface area (Å²) in [5.41, 5.74) is -0.0648. The van der Waals surface area contributed by atoms with Crippen molar-refractivity contribution in [2.45, 2.75) is 45.4 Å². The number of aliphatic hydroxyl groups excluding tert-OH is 2. The lowest BCUT2D eigenvalue weighted by molar-refractivity contribution is 0.00226. The molecule has 0 radical (unpaired) electrons. The first-order valence-corrected chi connectivity index (χ1v) is 8.29. The van der Waals surface area contributed by atoms with Gasteiger partial charge in [0.05, 0.1) is 11.1 Å². The molecule has 0 unspecified atom stereocenters. The number of carbonyl (C=O) groups excluding carboxylic acids is 2. The maximum atomic E-state index is 11.3. The lowest BCUT2D eigenvalue weighted by Gasteiger charge is -2.18. The van der Waals surface area contributed by atoms with Crippen LogP contribution in [0.1, 0.15) is 66.2 Å². The highest BCUT2D eigenvalue weighted by Gasteiger charge is 2.18. The van der Waals surface area contributed by atoms with E-state index in [1.54, 1.807) is 0 Å². The summed E-state index contributed by atoms with van der Waals surface area (Å²) in [4.78, 5) is 22.6. The fourth-order valence-electron chi connectivity index (χ4n) is 2.71. The molecule has 1 fully saturated rings. The summed E-state index contributed by atoms with van der Waals surface area (Å²) in [5, 5.41) is 16.9. The van der Waals surface area contributed by atoms with Crippen molar-refractivity contribution in [2.75, 3.05) is 13.6 Å². The second-order valence-corrected chi connectivity index (χ2v) is 5.58. The molecule has 0 amide bonds. The Morgan fingerprint density at radius 1 is 0.958 bits per heavy atom. The molecule has 1 saturated carbocycles. The molecule has 134 valence electrons. The molecule has 24 heavy (non-hydrogen) atoms.